The largest absolute Gasteiger partial charge is 0.322 e. The number of amides is 2. The first-order chi connectivity index (χ1) is 12.5. The number of nitrogens with one attached hydrogen (secondary N) is 3. The van der Waals surface area contributed by atoms with E-state index in [1.807, 2.05) is 36.6 Å². The van der Waals surface area contributed by atoms with Crippen LogP contribution in [-0.4, -0.2) is 38.2 Å². The molecule has 2 amide bonds. The fraction of sp³-hybridized carbons (Fsp3) is 0.211. The summed E-state index contributed by atoms with van der Waals surface area (Å²) < 4.78 is 0. The highest BCUT2D eigenvalue weighted by Crippen LogP contribution is 2.24. The first-order valence-electron chi connectivity index (χ1n) is 8.06. The van der Waals surface area contributed by atoms with E-state index in [1.54, 1.807) is 43.1 Å². The molecule has 0 bridgehead atoms. The molecule has 7 heteroatoms. The van der Waals surface area contributed by atoms with Gasteiger partial charge in [-0.1, -0.05) is 18.2 Å². The highest BCUT2D eigenvalue weighted by molar-refractivity contribution is 7.98. The molecule has 2 rings (SSSR count). The van der Waals surface area contributed by atoms with E-state index >= 15 is 0 Å². The normalized spacial score (nSPS) is 11.3. The van der Waals surface area contributed by atoms with Gasteiger partial charge in [-0.05, 0) is 36.6 Å². The maximum absolute atomic E-state index is 12.2. The summed E-state index contributed by atoms with van der Waals surface area (Å²) in [6.07, 6.45) is 1.95. The van der Waals surface area contributed by atoms with Gasteiger partial charge in [0.05, 0.1) is 24.4 Å². The third-order valence-corrected chi connectivity index (χ3v) is 4.38. The highest BCUT2D eigenvalue weighted by Gasteiger charge is 2.15. The Kier molecular flexibility index (Phi) is 7.21. The molecule has 134 valence electrons. The number of carbonyl (C=O) groups excluding carboxylic acids is 2. The van der Waals surface area contributed by atoms with Crippen LogP contribution in [-0.2, 0) is 9.59 Å². The molecule has 3 N–H and O–H groups in total. The minimum atomic E-state index is -0.213. The molecule has 2 aromatic rings. The van der Waals surface area contributed by atoms with Crippen LogP contribution in [0.1, 0.15) is 5.56 Å². The summed E-state index contributed by atoms with van der Waals surface area (Å²) in [6.45, 7) is 0.322. The van der Waals surface area contributed by atoms with E-state index in [0.29, 0.717) is 11.3 Å². The van der Waals surface area contributed by atoms with Crippen LogP contribution in [0.15, 0.2) is 53.4 Å². The summed E-state index contributed by atoms with van der Waals surface area (Å²) in [7, 11) is 1.78. The number of likely N-dealkylation sites (N-methyl/N-ethyl adjacent to an activating group) is 1. The fourth-order valence-electron chi connectivity index (χ4n) is 2.42. The number of thioether (sulfide) groups is 1. The van der Waals surface area contributed by atoms with E-state index < -0.39 is 0 Å². The molecule has 0 aliphatic carbocycles. The number of quaternary nitrogens is 1. The van der Waals surface area contributed by atoms with Crippen LogP contribution in [0.4, 0.5) is 11.4 Å². The zero-order valence-electron chi connectivity index (χ0n) is 14.7. The van der Waals surface area contributed by atoms with Gasteiger partial charge < -0.3 is 15.5 Å². The maximum Gasteiger partial charge on any atom is 0.279 e. The van der Waals surface area contributed by atoms with Crippen molar-refractivity contribution in [2.75, 3.05) is 37.0 Å². The molecule has 0 radical (unpaired) electrons. The lowest BCUT2D eigenvalue weighted by molar-refractivity contribution is -0.862. The predicted octanol–water partition coefficient (Wildman–Crippen LogP) is 1.37. The minimum Gasteiger partial charge on any atom is -0.322 e. The Balaban J connectivity index is 1.85. The summed E-state index contributed by atoms with van der Waals surface area (Å²) in [6, 6.07) is 16.3. The zero-order chi connectivity index (χ0) is 18.9. The Morgan fingerprint density at radius 3 is 2.46 bits per heavy atom. The number of hydrogen-bond donors (Lipinski definition) is 3. The number of nitriles is 1. The Morgan fingerprint density at radius 2 is 1.77 bits per heavy atom. The number of nitrogens with zero attached hydrogens (tertiary/aromatic N) is 1. The van der Waals surface area contributed by atoms with Crippen molar-refractivity contribution in [3.05, 3.63) is 54.1 Å². The molecule has 0 saturated heterocycles. The number of hydrogen-bond acceptors (Lipinski definition) is 4. The molecule has 1 atom stereocenters. The van der Waals surface area contributed by atoms with Crippen molar-refractivity contribution in [2.45, 2.75) is 4.90 Å². The molecule has 2 aromatic carbocycles. The predicted molar refractivity (Wildman–Crippen MR) is 103 cm³/mol. The van der Waals surface area contributed by atoms with E-state index in [2.05, 4.69) is 10.6 Å². The lowest BCUT2D eigenvalue weighted by atomic mass is 10.2. The van der Waals surface area contributed by atoms with Crippen molar-refractivity contribution in [2.24, 2.45) is 0 Å². The number of benzene rings is 2. The summed E-state index contributed by atoms with van der Waals surface area (Å²) >= 11 is 1.56. The van der Waals surface area contributed by atoms with Gasteiger partial charge in [-0.15, -0.1) is 11.8 Å². The second-order valence-corrected chi connectivity index (χ2v) is 6.65. The van der Waals surface area contributed by atoms with Gasteiger partial charge in [0, 0.05) is 10.6 Å². The van der Waals surface area contributed by atoms with Crippen LogP contribution in [0.25, 0.3) is 0 Å². The third-order valence-electron chi connectivity index (χ3n) is 3.58. The molecule has 0 aromatic heterocycles. The lowest BCUT2D eigenvalue weighted by Gasteiger charge is -2.14. The van der Waals surface area contributed by atoms with Gasteiger partial charge in [-0.2, -0.15) is 5.26 Å². The van der Waals surface area contributed by atoms with E-state index in [9.17, 15) is 9.59 Å². The quantitative estimate of drug-likeness (QED) is 0.644. The summed E-state index contributed by atoms with van der Waals surface area (Å²) in [4.78, 5) is 26.1. The fourth-order valence-corrected chi connectivity index (χ4v) is 2.98. The summed E-state index contributed by atoms with van der Waals surface area (Å²) in [5.41, 5.74) is 1.83. The Labute approximate surface area is 157 Å². The van der Waals surface area contributed by atoms with Crippen LogP contribution in [0.3, 0.4) is 0 Å². The third kappa shape index (κ3) is 5.92. The SMILES string of the molecule is CSc1ccccc1NC(=O)C[NH+](C)CC(=O)Nc1cccc(C#N)c1. The van der Waals surface area contributed by atoms with Crippen molar-refractivity contribution in [1.29, 1.82) is 5.26 Å². The van der Waals surface area contributed by atoms with Gasteiger partial charge in [-0.3, -0.25) is 9.59 Å². The van der Waals surface area contributed by atoms with Gasteiger partial charge in [0.1, 0.15) is 0 Å². The van der Waals surface area contributed by atoms with Gasteiger partial charge in [0.2, 0.25) is 0 Å². The van der Waals surface area contributed by atoms with E-state index in [1.165, 1.54) is 0 Å². The second kappa shape index (κ2) is 9.61. The van der Waals surface area contributed by atoms with Crippen molar-refractivity contribution in [3.63, 3.8) is 0 Å². The molecule has 26 heavy (non-hydrogen) atoms. The van der Waals surface area contributed by atoms with E-state index in [4.69, 9.17) is 5.26 Å². The number of anilines is 2. The molecule has 0 aliphatic rings. The monoisotopic (exact) mass is 369 g/mol. The molecule has 0 aliphatic heterocycles. The molecule has 0 saturated carbocycles. The standard InChI is InChI=1S/C19H20N4O2S/c1-23(12-18(24)21-15-7-5-6-14(10-15)11-20)13-19(25)22-16-8-3-4-9-17(16)26-2/h3-10H,12-13H2,1-2H3,(H,21,24)(H,22,25)/p+1. The molecular formula is C19H21N4O2S+. The first-order valence-corrected chi connectivity index (χ1v) is 9.28. The lowest BCUT2D eigenvalue weighted by Crippen LogP contribution is -3.11. The van der Waals surface area contributed by atoms with Crippen LogP contribution < -0.4 is 15.5 Å². The van der Waals surface area contributed by atoms with Crippen LogP contribution in [0.2, 0.25) is 0 Å². The Bertz CT molecular complexity index is 832. The average Bonchev–Trinajstić information content (AvgIpc) is 2.61. The van der Waals surface area contributed by atoms with Crippen molar-refractivity contribution in [1.82, 2.24) is 0 Å². The minimum absolute atomic E-state index is 0.147. The average molecular weight is 369 g/mol. The van der Waals surface area contributed by atoms with Gasteiger partial charge in [0.25, 0.3) is 11.8 Å². The Morgan fingerprint density at radius 1 is 1.08 bits per heavy atom. The van der Waals surface area contributed by atoms with Gasteiger partial charge in [-0.25, -0.2) is 0 Å². The molecule has 0 fully saturated rings. The summed E-state index contributed by atoms with van der Waals surface area (Å²) in [5, 5.41) is 14.5. The molecular weight excluding hydrogens is 348 g/mol. The van der Waals surface area contributed by atoms with E-state index in [0.717, 1.165) is 15.5 Å². The number of carbonyl (C=O) groups is 2. The van der Waals surface area contributed by atoms with E-state index in [-0.39, 0.29) is 24.9 Å². The molecule has 6 nitrogen and oxygen atoms in total. The summed E-state index contributed by atoms with van der Waals surface area (Å²) in [5.74, 6) is -0.363. The van der Waals surface area contributed by atoms with Crippen molar-refractivity contribution in [3.8, 4) is 6.07 Å². The second-order valence-electron chi connectivity index (χ2n) is 5.80. The zero-order valence-corrected chi connectivity index (χ0v) is 15.5. The molecule has 1 unspecified atom stereocenters. The molecule has 0 heterocycles. The smallest absolute Gasteiger partial charge is 0.279 e. The van der Waals surface area contributed by atoms with Crippen LogP contribution in [0.5, 0.6) is 0 Å². The molecule has 0 spiro atoms. The van der Waals surface area contributed by atoms with Crippen molar-refractivity contribution < 1.29 is 14.5 Å². The van der Waals surface area contributed by atoms with Crippen LogP contribution >= 0.6 is 11.8 Å². The number of para-hydroxylation sites is 1. The van der Waals surface area contributed by atoms with Crippen molar-refractivity contribution >= 4 is 35.0 Å². The number of rotatable bonds is 7. The van der Waals surface area contributed by atoms with Crippen LogP contribution in [0, 0.1) is 11.3 Å². The maximum atomic E-state index is 12.2. The van der Waals surface area contributed by atoms with Gasteiger partial charge >= 0.3 is 0 Å². The topological polar surface area (TPSA) is 86.4 Å². The highest BCUT2D eigenvalue weighted by atomic mass is 32.2. The van der Waals surface area contributed by atoms with Gasteiger partial charge in [0.15, 0.2) is 13.1 Å². The first kappa shape index (κ1) is 19.5. The Hall–Kier alpha value is -2.82.